The van der Waals surface area contributed by atoms with Gasteiger partial charge in [-0.3, -0.25) is 4.79 Å². The van der Waals surface area contributed by atoms with Crippen LogP contribution in [0.15, 0.2) is 51.9 Å². The molecular weight excluding hydrogens is 264 g/mol. The largest absolute Gasteiger partial charge is 0.468 e. The van der Waals surface area contributed by atoms with Gasteiger partial charge in [0.25, 0.3) is 5.56 Å². The second-order valence-electron chi connectivity index (χ2n) is 5.28. The molecule has 21 heavy (non-hydrogen) atoms. The third-order valence-electron chi connectivity index (χ3n) is 3.65. The molecule has 0 amide bonds. The van der Waals surface area contributed by atoms with E-state index in [9.17, 15) is 4.79 Å². The smallest absolute Gasteiger partial charge is 0.255 e. The SMILES string of the molecule is Cc1ccc2c(c1)cc(CNCc1ccco1)c(=O)n2C. The molecule has 0 aliphatic rings. The van der Waals surface area contributed by atoms with Crippen LogP contribution >= 0.6 is 0 Å². The summed E-state index contributed by atoms with van der Waals surface area (Å²) in [4.78, 5) is 12.4. The highest BCUT2D eigenvalue weighted by atomic mass is 16.3. The van der Waals surface area contributed by atoms with E-state index in [4.69, 9.17) is 4.42 Å². The number of nitrogens with one attached hydrogen (secondary N) is 1. The normalized spacial score (nSPS) is 11.1. The number of aromatic nitrogens is 1. The van der Waals surface area contributed by atoms with Gasteiger partial charge in [-0.2, -0.15) is 0 Å². The maximum atomic E-state index is 12.4. The summed E-state index contributed by atoms with van der Waals surface area (Å²) in [5.41, 5.74) is 2.96. The summed E-state index contributed by atoms with van der Waals surface area (Å²) in [6.07, 6.45) is 1.65. The van der Waals surface area contributed by atoms with Gasteiger partial charge < -0.3 is 14.3 Å². The molecule has 0 saturated heterocycles. The molecule has 4 nitrogen and oxygen atoms in total. The number of hydrogen-bond acceptors (Lipinski definition) is 3. The predicted molar refractivity (Wildman–Crippen MR) is 83.2 cm³/mol. The highest BCUT2D eigenvalue weighted by Gasteiger charge is 2.07. The molecule has 1 aromatic carbocycles. The maximum absolute atomic E-state index is 12.4. The van der Waals surface area contributed by atoms with Gasteiger partial charge in [-0.05, 0) is 42.6 Å². The van der Waals surface area contributed by atoms with Crippen molar-refractivity contribution in [2.45, 2.75) is 20.0 Å². The van der Waals surface area contributed by atoms with Crippen molar-refractivity contribution in [3.05, 3.63) is 69.9 Å². The Bertz CT molecular complexity index is 817. The summed E-state index contributed by atoms with van der Waals surface area (Å²) in [5.74, 6) is 0.864. The lowest BCUT2D eigenvalue weighted by Gasteiger charge is -2.10. The van der Waals surface area contributed by atoms with Gasteiger partial charge in [-0.1, -0.05) is 11.6 Å². The molecule has 108 valence electrons. The van der Waals surface area contributed by atoms with Crippen molar-refractivity contribution in [1.29, 1.82) is 0 Å². The number of hydrogen-bond donors (Lipinski definition) is 1. The molecule has 0 bridgehead atoms. The standard InChI is InChI=1S/C17H18N2O2/c1-12-5-6-16-13(8-12)9-14(17(20)19(16)2)10-18-11-15-4-3-7-21-15/h3-9,18H,10-11H2,1-2H3. The van der Waals surface area contributed by atoms with E-state index in [0.29, 0.717) is 13.1 Å². The van der Waals surface area contributed by atoms with Gasteiger partial charge in [0.1, 0.15) is 5.76 Å². The summed E-state index contributed by atoms with van der Waals surface area (Å²) < 4.78 is 6.97. The summed E-state index contributed by atoms with van der Waals surface area (Å²) in [7, 11) is 1.82. The Balaban J connectivity index is 1.87. The van der Waals surface area contributed by atoms with Crippen LogP contribution in [0.4, 0.5) is 0 Å². The van der Waals surface area contributed by atoms with Crippen molar-refractivity contribution in [3.8, 4) is 0 Å². The molecule has 3 rings (SSSR count). The van der Waals surface area contributed by atoms with Crippen molar-refractivity contribution in [1.82, 2.24) is 9.88 Å². The van der Waals surface area contributed by atoms with Crippen LogP contribution in [0, 0.1) is 6.92 Å². The number of rotatable bonds is 4. The molecule has 1 N–H and O–H groups in total. The fraction of sp³-hybridized carbons (Fsp3) is 0.235. The Labute approximate surface area is 123 Å². The van der Waals surface area contributed by atoms with Crippen LogP contribution < -0.4 is 10.9 Å². The first-order valence-electron chi connectivity index (χ1n) is 6.97. The van der Waals surface area contributed by atoms with Crippen LogP contribution in [-0.2, 0) is 20.1 Å². The number of benzene rings is 1. The first-order chi connectivity index (χ1) is 10.1. The zero-order chi connectivity index (χ0) is 14.8. The Morgan fingerprint density at radius 3 is 2.81 bits per heavy atom. The topological polar surface area (TPSA) is 47.2 Å². The van der Waals surface area contributed by atoms with Gasteiger partial charge in [-0.15, -0.1) is 0 Å². The number of fused-ring (bicyclic) bond motifs is 1. The molecular formula is C17H18N2O2. The van der Waals surface area contributed by atoms with Crippen LogP contribution in [0.2, 0.25) is 0 Å². The van der Waals surface area contributed by atoms with Gasteiger partial charge in [0.2, 0.25) is 0 Å². The molecule has 2 heterocycles. The first-order valence-corrected chi connectivity index (χ1v) is 6.97. The molecule has 0 spiro atoms. The van der Waals surface area contributed by atoms with Gasteiger partial charge in [0, 0.05) is 19.2 Å². The molecule has 0 unspecified atom stereocenters. The van der Waals surface area contributed by atoms with E-state index < -0.39 is 0 Å². The molecule has 3 aromatic rings. The Hall–Kier alpha value is -2.33. The Morgan fingerprint density at radius 2 is 2.05 bits per heavy atom. The first kappa shape index (κ1) is 13.6. The fourth-order valence-electron chi connectivity index (χ4n) is 2.53. The molecule has 0 aliphatic heterocycles. The molecule has 0 saturated carbocycles. The van der Waals surface area contributed by atoms with Gasteiger partial charge in [-0.25, -0.2) is 0 Å². The van der Waals surface area contributed by atoms with Crippen molar-refractivity contribution in [2.24, 2.45) is 7.05 Å². The van der Waals surface area contributed by atoms with E-state index in [2.05, 4.69) is 18.3 Å². The van der Waals surface area contributed by atoms with E-state index in [1.165, 1.54) is 5.56 Å². The molecule has 0 atom stereocenters. The predicted octanol–water partition coefficient (Wildman–Crippen LogP) is 2.73. The van der Waals surface area contributed by atoms with Gasteiger partial charge in [0.05, 0.1) is 18.3 Å². The quantitative estimate of drug-likeness (QED) is 0.800. The number of furan rings is 1. The minimum absolute atomic E-state index is 0.0401. The van der Waals surface area contributed by atoms with Crippen LogP contribution in [0.25, 0.3) is 10.9 Å². The Kier molecular flexibility index (Phi) is 3.62. The Morgan fingerprint density at radius 1 is 1.19 bits per heavy atom. The molecule has 2 aromatic heterocycles. The lowest BCUT2D eigenvalue weighted by molar-refractivity contribution is 0.482. The van der Waals surface area contributed by atoms with E-state index in [-0.39, 0.29) is 5.56 Å². The van der Waals surface area contributed by atoms with E-state index in [1.54, 1.807) is 10.8 Å². The average molecular weight is 282 g/mol. The summed E-state index contributed by atoms with van der Waals surface area (Å²) in [6.45, 7) is 3.19. The van der Waals surface area contributed by atoms with E-state index in [1.807, 2.05) is 37.4 Å². The highest BCUT2D eigenvalue weighted by molar-refractivity contribution is 5.80. The summed E-state index contributed by atoms with van der Waals surface area (Å²) in [5, 5.41) is 4.33. The van der Waals surface area contributed by atoms with Crippen molar-refractivity contribution >= 4 is 10.9 Å². The number of aryl methyl sites for hydroxylation is 2. The number of pyridine rings is 1. The highest BCUT2D eigenvalue weighted by Crippen LogP contribution is 2.15. The van der Waals surface area contributed by atoms with Crippen molar-refractivity contribution in [3.63, 3.8) is 0 Å². The van der Waals surface area contributed by atoms with E-state index >= 15 is 0 Å². The maximum Gasteiger partial charge on any atom is 0.255 e. The fourth-order valence-corrected chi connectivity index (χ4v) is 2.53. The van der Waals surface area contributed by atoms with Crippen molar-refractivity contribution < 1.29 is 4.42 Å². The summed E-state index contributed by atoms with van der Waals surface area (Å²) >= 11 is 0. The number of nitrogens with zero attached hydrogens (tertiary/aromatic N) is 1. The zero-order valence-corrected chi connectivity index (χ0v) is 12.2. The second kappa shape index (κ2) is 5.58. The van der Waals surface area contributed by atoms with Crippen LogP contribution in [0.1, 0.15) is 16.9 Å². The zero-order valence-electron chi connectivity index (χ0n) is 12.2. The molecule has 0 aliphatic carbocycles. The third-order valence-corrected chi connectivity index (χ3v) is 3.65. The minimum atomic E-state index is 0.0401. The monoisotopic (exact) mass is 282 g/mol. The third kappa shape index (κ3) is 2.76. The molecule has 0 radical (unpaired) electrons. The van der Waals surface area contributed by atoms with Gasteiger partial charge in [0.15, 0.2) is 0 Å². The van der Waals surface area contributed by atoms with Crippen LogP contribution in [-0.4, -0.2) is 4.57 Å². The summed E-state index contributed by atoms with van der Waals surface area (Å²) in [6, 6.07) is 11.9. The average Bonchev–Trinajstić information content (AvgIpc) is 2.97. The minimum Gasteiger partial charge on any atom is -0.468 e. The molecule has 0 fully saturated rings. The lowest BCUT2D eigenvalue weighted by Crippen LogP contribution is -2.25. The van der Waals surface area contributed by atoms with E-state index in [0.717, 1.165) is 22.2 Å². The second-order valence-corrected chi connectivity index (χ2v) is 5.28. The van der Waals surface area contributed by atoms with Crippen molar-refractivity contribution in [2.75, 3.05) is 0 Å². The van der Waals surface area contributed by atoms with Crippen LogP contribution in [0.5, 0.6) is 0 Å². The van der Waals surface area contributed by atoms with Gasteiger partial charge >= 0.3 is 0 Å². The molecule has 4 heteroatoms. The lowest BCUT2D eigenvalue weighted by atomic mass is 10.1. The van der Waals surface area contributed by atoms with Crippen LogP contribution in [0.3, 0.4) is 0 Å².